The minimum Gasteiger partial charge on any atom is -0.352 e. The number of aryl methyl sites for hydroxylation is 1. The third kappa shape index (κ3) is 6.38. The lowest BCUT2D eigenvalue weighted by molar-refractivity contribution is 0.599. The van der Waals surface area contributed by atoms with Crippen molar-refractivity contribution in [1.29, 1.82) is 0 Å². The van der Waals surface area contributed by atoms with Gasteiger partial charge >= 0.3 is 0 Å². The van der Waals surface area contributed by atoms with Gasteiger partial charge in [0.15, 0.2) is 15.8 Å². The van der Waals surface area contributed by atoms with Crippen LogP contribution in [0.2, 0.25) is 0 Å². The molecule has 2 rings (SSSR count). The summed E-state index contributed by atoms with van der Waals surface area (Å²) >= 11 is 1.62. The fraction of sp³-hybridized carbons (Fsp3) is 0.412. The number of sulfone groups is 1. The summed E-state index contributed by atoms with van der Waals surface area (Å²) in [7, 11) is -1.57. The fourth-order valence-electron chi connectivity index (χ4n) is 2.35. The lowest BCUT2D eigenvalue weighted by atomic mass is 10.1. The van der Waals surface area contributed by atoms with Gasteiger partial charge in [-0.3, -0.25) is 4.99 Å². The normalized spacial score (nSPS) is 12.2. The first-order chi connectivity index (χ1) is 12.3. The van der Waals surface area contributed by atoms with Crippen molar-refractivity contribution in [2.24, 2.45) is 4.99 Å². The maximum Gasteiger partial charge on any atom is 0.191 e. The number of rotatable bonds is 7. The van der Waals surface area contributed by atoms with Crippen molar-refractivity contribution in [1.82, 2.24) is 15.6 Å². The number of aliphatic imine (C=N–C) groups is 1. The molecule has 0 amide bonds. The molecule has 26 heavy (non-hydrogen) atoms. The van der Waals surface area contributed by atoms with Crippen molar-refractivity contribution in [3.8, 4) is 0 Å². The van der Waals surface area contributed by atoms with Crippen molar-refractivity contribution < 1.29 is 12.8 Å². The fourth-order valence-corrected chi connectivity index (χ4v) is 3.94. The first-order valence-electron chi connectivity index (χ1n) is 8.13. The van der Waals surface area contributed by atoms with E-state index in [0.717, 1.165) is 23.4 Å². The summed E-state index contributed by atoms with van der Waals surface area (Å²) in [4.78, 5) is 8.61. The van der Waals surface area contributed by atoms with Crippen LogP contribution in [0.25, 0.3) is 0 Å². The van der Waals surface area contributed by atoms with Crippen LogP contribution in [0.15, 0.2) is 28.6 Å². The molecule has 0 saturated heterocycles. The van der Waals surface area contributed by atoms with Gasteiger partial charge < -0.3 is 10.6 Å². The maximum atomic E-state index is 13.6. The highest BCUT2D eigenvalue weighted by Crippen LogP contribution is 2.14. The summed E-state index contributed by atoms with van der Waals surface area (Å²) in [6.07, 6.45) is 2.06. The highest BCUT2D eigenvalue weighted by atomic mass is 32.2. The molecule has 0 radical (unpaired) electrons. The molecular weight excluding hydrogens is 375 g/mol. The first-order valence-corrected chi connectivity index (χ1v) is 11.1. The van der Waals surface area contributed by atoms with Crippen molar-refractivity contribution in [3.05, 3.63) is 51.2 Å². The van der Waals surface area contributed by atoms with Crippen LogP contribution in [0.5, 0.6) is 0 Å². The largest absolute Gasteiger partial charge is 0.352 e. The van der Waals surface area contributed by atoms with E-state index in [1.165, 1.54) is 18.2 Å². The molecule has 0 spiro atoms. The Morgan fingerprint density at radius 2 is 2.00 bits per heavy atom. The molecule has 1 aromatic heterocycles. The lowest BCUT2D eigenvalue weighted by Gasteiger charge is -2.14. The van der Waals surface area contributed by atoms with E-state index in [9.17, 15) is 12.8 Å². The summed E-state index contributed by atoms with van der Waals surface area (Å²) in [5.74, 6) is -0.00300. The third-order valence-corrected chi connectivity index (χ3v) is 5.47. The van der Waals surface area contributed by atoms with E-state index in [0.29, 0.717) is 23.6 Å². The second-order valence-corrected chi connectivity index (χ2v) is 8.93. The quantitative estimate of drug-likeness (QED) is 0.552. The monoisotopic (exact) mass is 398 g/mol. The van der Waals surface area contributed by atoms with Gasteiger partial charge in [0.25, 0.3) is 0 Å². The molecule has 2 N–H and O–H groups in total. The standard InChI is InChI=1S/C17H23FN4O2S2/c1-4-16-22-15(10-25-16)9-21-17(19-2)20-8-13-7-14(18)6-5-12(13)11-26(3,23)24/h5-7,10H,4,8-9,11H2,1-3H3,(H2,19,20,21). The number of thiazole rings is 1. The Bertz CT molecular complexity index is 879. The molecule has 6 nitrogen and oxygen atoms in total. The minimum absolute atomic E-state index is 0.130. The Balaban J connectivity index is 2.00. The average Bonchev–Trinajstić information content (AvgIpc) is 3.04. The molecular formula is C17H23FN4O2S2. The second-order valence-electron chi connectivity index (χ2n) is 5.85. The molecule has 9 heteroatoms. The van der Waals surface area contributed by atoms with Crippen LogP contribution >= 0.6 is 11.3 Å². The zero-order valence-electron chi connectivity index (χ0n) is 15.0. The Hall–Kier alpha value is -2.00. The number of halogens is 1. The van der Waals surface area contributed by atoms with Crippen LogP contribution in [0.3, 0.4) is 0 Å². The summed E-state index contributed by atoms with van der Waals surface area (Å²) in [6, 6.07) is 4.12. The summed E-state index contributed by atoms with van der Waals surface area (Å²) < 4.78 is 36.7. The highest BCUT2D eigenvalue weighted by molar-refractivity contribution is 7.89. The first kappa shape index (κ1) is 20.3. The van der Waals surface area contributed by atoms with Gasteiger partial charge in [0.1, 0.15) is 5.82 Å². The van der Waals surface area contributed by atoms with Gasteiger partial charge in [-0.25, -0.2) is 17.8 Å². The smallest absolute Gasteiger partial charge is 0.191 e. The van der Waals surface area contributed by atoms with E-state index in [4.69, 9.17) is 0 Å². The number of aromatic nitrogens is 1. The topological polar surface area (TPSA) is 83.4 Å². The van der Waals surface area contributed by atoms with Gasteiger partial charge in [0.05, 0.1) is 23.0 Å². The summed E-state index contributed by atoms with van der Waals surface area (Å²) in [5.41, 5.74) is 2.09. The van der Waals surface area contributed by atoms with Crippen LogP contribution < -0.4 is 10.6 Å². The molecule has 2 aromatic rings. The number of hydrogen-bond acceptors (Lipinski definition) is 5. The second kappa shape index (κ2) is 9.09. The Labute approximate surface area is 157 Å². The van der Waals surface area contributed by atoms with Crippen molar-refractivity contribution >= 4 is 27.1 Å². The average molecular weight is 399 g/mol. The molecule has 0 aliphatic carbocycles. The molecule has 142 valence electrons. The highest BCUT2D eigenvalue weighted by Gasteiger charge is 2.11. The molecule has 1 heterocycles. The minimum atomic E-state index is -3.21. The number of hydrogen-bond donors (Lipinski definition) is 2. The Morgan fingerprint density at radius 1 is 1.27 bits per heavy atom. The number of guanidine groups is 1. The van der Waals surface area contributed by atoms with Crippen LogP contribution in [-0.2, 0) is 35.1 Å². The molecule has 0 fully saturated rings. The Kier molecular flexibility index (Phi) is 7.10. The zero-order valence-corrected chi connectivity index (χ0v) is 16.7. The SMILES string of the molecule is CCc1nc(CNC(=NC)NCc2cc(F)ccc2CS(C)(=O)=O)cs1. The van der Waals surface area contributed by atoms with E-state index in [1.54, 1.807) is 18.4 Å². The van der Waals surface area contributed by atoms with Crippen molar-refractivity contribution in [2.45, 2.75) is 32.2 Å². The molecule has 0 bridgehead atoms. The van der Waals surface area contributed by atoms with Gasteiger partial charge in [-0.15, -0.1) is 11.3 Å². The molecule has 0 atom stereocenters. The summed E-state index contributed by atoms with van der Waals surface area (Å²) in [6.45, 7) is 2.85. The van der Waals surface area contributed by atoms with E-state index in [-0.39, 0.29) is 12.3 Å². The van der Waals surface area contributed by atoms with Crippen molar-refractivity contribution in [2.75, 3.05) is 13.3 Å². The van der Waals surface area contributed by atoms with Crippen LogP contribution in [-0.4, -0.2) is 32.7 Å². The number of nitrogens with zero attached hydrogens (tertiary/aromatic N) is 2. The van der Waals surface area contributed by atoms with Gasteiger partial charge in [-0.2, -0.15) is 0 Å². The summed E-state index contributed by atoms with van der Waals surface area (Å²) in [5, 5.41) is 9.30. The van der Waals surface area contributed by atoms with Gasteiger partial charge in [0.2, 0.25) is 0 Å². The van der Waals surface area contributed by atoms with Gasteiger partial charge in [-0.05, 0) is 29.7 Å². The predicted octanol–water partition coefficient (Wildman–Crippen LogP) is 2.25. The Morgan fingerprint density at radius 3 is 2.62 bits per heavy atom. The van der Waals surface area contributed by atoms with E-state index >= 15 is 0 Å². The molecule has 0 unspecified atom stereocenters. The lowest BCUT2D eigenvalue weighted by Crippen LogP contribution is -2.36. The van der Waals surface area contributed by atoms with E-state index < -0.39 is 15.7 Å². The van der Waals surface area contributed by atoms with Gasteiger partial charge in [-0.1, -0.05) is 13.0 Å². The molecule has 1 aromatic carbocycles. The van der Waals surface area contributed by atoms with Crippen LogP contribution in [0.1, 0.15) is 28.8 Å². The van der Waals surface area contributed by atoms with Crippen molar-refractivity contribution in [3.63, 3.8) is 0 Å². The van der Waals surface area contributed by atoms with E-state index in [2.05, 4.69) is 27.5 Å². The predicted molar refractivity (Wildman–Crippen MR) is 103 cm³/mol. The van der Waals surface area contributed by atoms with E-state index in [1.807, 2.05) is 5.38 Å². The molecule has 0 aliphatic heterocycles. The zero-order chi connectivity index (χ0) is 19.2. The third-order valence-electron chi connectivity index (χ3n) is 3.59. The van der Waals surface area contributed by atoms with Crippen LogP contribution in [0, 0.1) is 5.82 Å². The number of nitrogens with one attached hydrogen (secondary N) is 2. The molecule has 0 aliphatic rings. The maximum absolute atomic E-state index is 13.6. The number of benzene rings is 1. The van der Waals surface area contributed by atoms with Crippen LogP contribution in [0.4, 0.5) is 4.39 Å². The van der Waals surface area contributed by atoms with Gasteiger partial charge in [0, 0.05) is 25.2 Å². The molecule has 0 saturated carbocycles.